The number of amides is 2. The molecule has 6 heteroatoms. The van der Waals surface area contributed by atoms with Crippen LogP contribution in [0, 0.1) is 11.7 Å². The summed E-state index contributed by atoms with van der Waals surface area (Å²) in [4.78, 5) is 27.2. The van der Waals surface area contributed by atoms with Crippen LogP contribution in [0.2, 0.25) is 0 Å². The van der Waals surface area contributed by atoms with Gasteiger partial charge >= 0.3 is 0 Å². The van der Waals surface area contributed by atoms with Crippen molar-refractivity contribution in [3.63, 3.8) is 0 Å². The molecule has 1 aliphatic carbocycles. The second-order valence-electron chi connectivity index (χ2n) is 8.28. The quantitative estimate of drug-likeness (QED) is 0.684. The number of rotatable bonds is 5. The fraction of sp³-hybridized carbons (Fsp3) is 0.333. The topological polar surface area (TPSA) is 54.3 Å². The first-order valence-electron chi connectivity index (χ1n) is 10.6. The molecule has 5 nitrogen and oxygen atoms in total. The Morgan fingerprint density at radius 1 is 1.03 bits per heavy atom. The molecule has 0 spiro atoms. The number of carbonyl (C=O) groups excluding carboxylic acids is 2. The highest BCUT2D eigenvalue weighted by molar-refractivity contribution is 6.01. The zero-order chi connectivity index (χ0) is 20.7. The number of likely N-dealkylation sites (tertiary alicyclic amines) is 1. The van der Waals surface area contributed by atoms with Gasteiger partial charge in [-0.25, -0.2) is 4.39 Å². The zero-order valence-electron chi connectivity index (χ0n) is 16.7. The molecule has 2 amide bonds. The van der Waals surface area contributed by atoms with Crippen molar-refractivity contribution < 1.29 is 14.0 Å². The highest BCUT2D eigenvalue weighted by Crippen LogP contribution is 2.31. The van der Waals surface area contributed by atoms with E-state index in [2.05, 4.69) is 5.32 Å². The highest BCUT2D eigenvalue weighted by Gasteiger charge is 2.30. The molecule has 2 aliphatic rings. The van der Waals surface area contributed by atoms with Crippen molar-refractivity contribution in [1.82, 2.24) is 9.47 Å². The maximum Gasteiger partial charge on any atom is 0.270 e. The van der Waals surface area contributed by atoms with Gasteiger partial charge in [0.05, 0.1) is 0 Å². The van der Waals surface area contributed by atoms with Crippen molar-refractivity contribution in [3.8, 4) is 0 Å². The number of hydrogen-bond donors (Lipinski definition) is 1. The molecule has 0 atom stereocenters. The van der Waals surface area contributed by atoms with Crippen LogP contribution in [0.1, 0.15) is 41.7 Å². The summed E-state index contributed by atoms with van der Waals surface area (Å²) >= 11 is 0. The Labute approximate surface area is 174 Å². The van der Waals surface area contributed by atoms with E-state index in [-0.39, 0.29) is 23.5 Å². The molecule has 0 radical (unpaired) electrons. The molecule has 1 saturated heterocycles. The van der Waals surface area contributed by atoms with Gasteiger partial charge in [0, 0.05) is 42.1 Å². The zero-order valence-corrected chi connectivity index (χ0v) is 16.7. The van der Waals surface area contributed by atoms with Gasteiger partial charge in [-0.05, 0) is 67.6 Å². The van der Waals surface area contributed by atoms with Crippen molar-refractivity contribution in [2.75, 3.05) is 18.4 Å². The standard InChI is InChI=1S/C24H24FN3O2/c25-19-5-3-4-16(12-19)15-28-21-9-8-20(26-23(29)17-6-7-17)13-18(21)14-22(28)24(30)27-10-1-2-11-27/h3-5,8-9,12-14,17H,1-2,6-7,10-11,15H2,(H,26,29). The van der Waals surface area contributed by atoms with E-state index in [1.54, 1.807) is 6.07 Å². The number of fused-ring (bicyclic) bond motifs is 1. The minimum Gasteiger partial charge on any atom is -0.337 e. The number of aromatic nitrogens is 1. The van der Waals surface area contributed by atoms with Crippen LogP contribution >= 0.6 is 0 Å². The number of benzene rings is 2. The van der Waals surface area contributed by atoms with Gasteiger partial charge in [-0.15, -0.1) is 0 Å². The summed E-state index contributed by atoms with van der Waals surface area (Å²) in [7, 11) is 0. The summed E-state index contributed by atoms with van der Waals surface area (Å²) < 4.78 is 15.7. The van der Waals surface area contributed by atoms with Gasteiger partial charge in [0.1, 0.15) is 11.5 Å². The smallest absolute Gasteiger partial charge is 0.270 e. The fourth-order valence-electron chi connectivity index (χ4n) is 4.19. The Morgan fingerprint density at radius 3 is 2.57 bits per heavy atom. The Bertz CT molecular complexity index is 1130. The van der Waals surface area contributed by atoms with Gasteiger partial charge in [-0.2, -0.15) is 0 Å². The molecular formula is C24H24FN3O2. The van der Waals surface area contributed by atoms with Crippen molar-refractivity contribution in [2.24, 2.45) is 5.92 Å². The normalized spacial score (nSPS) is 16.2. The minimum absolute atomic E-state index is 0.00340. The van der Waals surface area contributed by atoms with E-state index < -0.39 is 0 Å². The molecule has 2 aromatic carbocycles. The van der Waals surface area contributed by atoms with Crippen LogP contribution in [0.5, 0.6) is 0 Å². The molecule has 1 saturated carbocycles. The van der Waals surface area contributed by atoms with Gasteiger partial charge in [0.25, 0.3) is 5.91 Å². The molecule has 2 fully saturated rings. The lowest BCUT2D eigenvalue weighted by atomic mass is 10.2. The van der Waals surface area contributed by atoms with Gasteiger partial charge in [-0.3, -0.25) is 9.59 Å². The average molecular weight is 405 g/mol. The lowest BCUT2D eigenvalue weighted by molar-refractivity contribution is -0.117. The summed E-state index contributed by atoms with van der Waals surface area (Å²) in [5.74, 6) is -0.0994. The highest BCUT2D eigenvalue weighted by atomic mass is 19.1. The van der Waals surface area contributed by atoms with Crippen LogP contribution in [0.25, 0.3) is 10.9 Å². The predicted molar refractivity (Wildman–Crippen MR) is 114 cm³/mol. The summed E-state index contributed by atoms with van der Waals surface area (Å²) in [6.45, 7) is 1.94. The lowest BCUT2D eigenvalue weighted by Gasteiger charge is -2.17. The van der Waals surface area contributed by atoms with Crippen LogP contribution < -0.4 is 5.32 Å². The van der Waals surface area contributed by atoms with Crippen molar-refractivity contribution in [3.05, 3.63) is 65.6 Å². The van der Waals surface area contributed by atoms with E-state index in [1.165, 1.54) is 12.1 Å². The van der Waals surface area contributed by atoms with Gasteiger partial charge in [0.15, 0.2) is 0 Å². The molecule has 2 heterocycles. The Morgan fingerprint density at radius 2 is 1.83 bits per heavy atom. The summed E-state index contributed by atoms with van der Waals surface area (Å²) in [5, 5.41) is 3.86. The fourth-order valence-corrected chi connectivity index (χ4v) is 4.19. The van der Waals surface area contributed by atoms with Gasteiger partial charge in [0.2, 0.25) is 5.91 Å². The second kappa shape index (κ2) is 7.59. The Kier molecular flexibility index (Phi) is 4.77. The lowest BCUT2D eigenvalue weighted by Crippen LogP contribution is -2.29. The molecule has 3 aromatic rings. The third-order valence-corrected chi connectivity index (χ3v) is 5.96. The predicted octanol–water partition coefficient (Wildman–Crippen LogP) is 4.41. The first kappa shape index (κ1) is 18.9. The van der Waals surface area contributed by atoms with Crippen LogP contribution in [0.4, 0.5) is 10.1 Å². The van der Waals surface area contributed by atoms with E-state index in [9.17, 15) is 14.0 Å². The van der Waals surface area contributed by atoms with Gasteiger partial charge in [-0.1, -0.05) is 12.1 Å². The molecule has 1 N–H and O–H groups in total. The Balaban J connectivity index is 1.54. The van der Waals surface area contributed by atoms with Crippen LogP contribution in [0.15, 0.2) is 48.5 Å². The van der Waals surface area contributed by atoms with E-state index >= 15 is 0 Å². The molecule has 1 aromatic heterocycles. The van der Waals surface area contributed by atoms with Crippen LogP contribution in [-0.4, -0.2) is 34.4 Å². The van der Waals surface area contributed by atoms with Crippen LogP contribution in [0.3, 0.4) is 0 Å². The molecule has 0 unspecified atom stereocenters. The number of nitrogens with zero attached hydrogens (tertiary/aromatic N) is 2. The number of carbonyl (C=O) groups is 2. The molecule has 1 aliphatic heterocycles. The first-order valence-corrected chi connectivity index (χ1v) is 10.6. The van der Waals surface area contributed by atoms with Crippen LogP contribution in [-0.2, 0) is 11.3 Å². The number of hydrogen-bond acceptors (Lipinski definition) is 2. The molecule has 30 heavy (non-hydrogen) atoms. The number of halogens is 1. The summed E-state index contributed by atoms with van der Waals surface area (Å²) in [6, 6.07) is 14.1. The third kappa shape index (κ3) is 3.70. The van der Waals surface area contributed by atoms with E-state index in [0.29, 0.717) is 12.2 Å². The largest absolute Gasteiger partial charge is 0.337 e. The van der Waals surface area contributed by atoms with Crippen molar-refractivity contribution in [2.45, 2.75) is 32.2 Å². The monoisotopic (exact) mass is 405 g/mol. The molecule has 5 rings (SSSR count). The minimum atomic E-state index is -0.290. The second-order valence-corrected chi connectivity index (χ2v) is 8.28. The van der Waals surface area contributed by atoms with Crippen molar-refractivity contribution in [1.29, 1.82) is 0 Å². The third-order valence-electron chi connectivity index (χ3n) is 5.96. The summed E-state index contributed by atoms with van der Waals surface area (Å²) in [5.41, 5.74) is 3.03. The summed E-state index contributed by atoms with van der Waals surface area (Å²) in [6.07, 6.45) is 3.94. The SMILES string of the molecule is O=C(Nc1ccc2c(c1)cc(C(=O)N1CCCC1)n2Cc1cccc(F)c1)C1CC1. The average Bonchev–Trinajstić information content (AvgIpc) is 3.33. The first-order chi connectivity index (χ1) is 14.6. The molecule has 0 bridgehead atoms. The maximum atomic E-state index is 13.7. The number of anilines is 1. The Hall–Kier alpha value is -3.15. The maximum absolute atomic E-state index is 13.7. The molecular weight excluding hydrogens is 381 g/mol. The van der Waals surface area contributed by atoms with Crippen molar-refractivity contribution >= 4 is 28.4 Å². The molecule has 154 valence electrons. The van der Waals surface area contributed by atoms with E-state index in [4.69, 9.17) is 0 Å². The van der Waals surface area contributed by atoms with Gasteiger partial charge < -0.3 is 14.8 Å². The van der Waals surface area contributed by atoms with E-state index in [1.807, 2.05) is 39.8 Å². The number of nitrogens with one attached hydrogen (secondary N) is 1. The van der Waals surface area contributed by atoms with E-state index in [0.717, 1.165) is 60.9 Å².